The van der Waals surface area contributed by atoms with Gasteiger partial charge in [0.2, 0.25) is 0 Å². The van der Waals surface area contributed by atoms with Gasteiger partial charge in [0.1, 0.15) is 0 Å². The molecule has 0 saturated heterocycles. The van der Waals surface area contributed by atoms with Crippen LogP contribution in [0, 0.1) is 0 Å². The van der Waals surface area contributed by atoms with Gasteiger partial charge in [-0.05, 0) is 43.6 Å². The van der Waals surface area contributed by atoms with Gasteiger partial charge in [-0.3, -0.25) is 4.79 Å². The summed E-state index contributed by atoms with van der Waals surface area (Å²) in [4.78, 5) is 18.0. The molecule has 2 aromatic rings. The first-order valence-electron chi connectivity index (χ1n) is 10.4. The second-order valence-corrected chi connectivity index (χ2v) is 7.96. The molecule has 1 heterocycles. The van der Waals surface area contributed by atoms with Gasteiger partial charge in [0.15, 0.2) is 16.6 Å². The number of fused-ring (bicyclic) bond motifs is 1. The van der Waals surface area contributed by atoms with E-state index in [2.05, 4.69) is 22.1 Å². The summed E-state index contributed by atoms with van der Waals surface area (Å²) >= 11 is 5.70. The number of hydrogen-bond acceptors (Lipinski definition) is 4. The number of benzene rings is 1. The monoisotopic (exact) mass is 417 g/mol. The van der Waals surface area contributed by atoms with Crippen molar-refractivity contribution >= 4 is 28.2 Å². The van der Waals surface area contributed by atoms with E-state index in [1.807, 2.05) is 12.1 Å². The van der Waals surface area contributed by atoms with Gasteiger partial charge < -0.3 is 24.7 Å². The first kappa shape index (κ1) is 21.4. The SMILES string of the molecule is CCCCNC(=S)N(Cc1cc2cc(OC)c(OC)cc2[nH]c1=O)C1CCCC1. The van der Waals surface area contributed by atoms with Crippen LogP contribution >= 0.6 is 12.2 Å². The number of rotatable bonds is 8. The Bertz CT molecular complexity index is 906. The first-order chi connectivity index (χ1) is 14.1. The number of aromatic nitrogens is 1. The van der Waals surface area contributed by atoms with E-state index in [1.165, 1.54) is 12.8 Å². The molecule has 1 saturated carbocycles. The second kappa shape index (κ2) is 9.96. The molecular weight excluding hydrogens is 386 g/mol. The normalized spacial score (nSPS) is 14.2. The molecule has 0 bridgehead atoms. The highest BCUT2D eigenvalue weighted by atomic mass is 32.1. The van der Waals surface area contributed by atoms with Crippen LogP contribution in [0.1, 0.15) is 51.0 Å². The summed E-state index contributed by atoms with van der Waals surface area (Å²) in [5.74, 6) is 1.24. The zero-order valence-corrected chi connectivity index (χ0v) is 18.4. The summed E-state index contributed by atoms with van der Waals surface area (Å²) in [5, 5.41) is 5.04. The Kier molecular flexibility index (Phi) is 7.36. The Balaban J connectivity index is 1.90. The molecular formula is C22H31N3O3S. The fraction of sp³-hybridized carbons (Fsp3) is 0.545. The van der Waals surface area contributed by atoms with Crippen LogP contribution in [-0.4, -0.2) is 41.8 Å². The van der Waals surface area contributed by atoms with Gasteiger partial charge >= 0.3 is 0 Å². The number of nitrogens with zero attached hydrogens (tertiary/aromatic N) is 1. The third kappa shape index (κ3) is 5.01. The quantitative estimate of drug-likeness (QED) is 0.501. The molecule has 0 unspecified atom stereocenters. The average molecular weight is 418 g/mol. The van der Waals surface area contributed by atoms with E-state index in [0.29, 0.717) is 29.6 Å². The predicted molar refractivity (Wildman–Crippen MR) is 121 cm³/mol. The van der Waals surface area contributed by atoms with E-state index < -0.39 is 0 Å². The van der Waals surface area contributed by atoms with Gasteiger partial charge in [0.25, 0.3) is 5.56 Å². The number of methoxy groups -OCH3 is 2. The summed E-state index contributed by atoms with van der Waals surface area (Å²) in [7, 11) is 3.20. The van der Waals surface area contributed by atoms with Crippen molar-refractivity contribution in [3.8, 4) is 11.5 Å². The Morgan fingerprint density at radius 1 is 1.21 bits per heavy atom. The van der Waals surface area contributed by atoms with Crippen LogP contribution in [0.4, 0.5) is 0 Å². The van der Waals surface area contributed by atoms with Gasteiger partial charge in [-0.2, -0.15) is 0 Å². The minimum absolute atomic E-state index is 0.0934. The first-order valence-corrected chi connectivity index (χ1v) is 10.8. The molecule has 1 aromatic heterocycles. The van der Waals surface area contributed by atoms with Crippen molar-refractivity contribution in [3.63, 3.8) is 0 Å². The lowest BCUT2D eigenvalue weighted by Crippen LogP contribution is -2.45. The lowest BCUT2D eigenvalue weighted by atomic mass is 10.1. The summed E-state index contributed by atoms with van der Waals surface area (Å²) in [5.41, 5.74) is 1.34. The van der Waals surface area contributed by atoms with E-state index >= 15 is 0 Å². The molecule has 0 radical (unpaired) electrons. The number of aromatic amines is 1. The molecule has 0 aliphatic heterocycles. The fourth-order valence-corrected chi connectivity index (χ4v) is 4.25. The summed E-state index contributed by atoms with van der Waals surface area (Å²) in [6.07, 6.45) is 6.86. The number of thiocarbonyl (C=S) groups is 1. The maximum Gasteiger partial charge on any atom is 0.253 e. The molecule has 1 aliphatic rings. The molecule has 6 nitrogen and oxygen atoms in total. The number of hydrogen-bond donors (Lipinski definition) is 2. The highest BCUT2D eigenvalue weighted by molar-refractivity contribution is 7.80. The van der Waals surface area contributed by atoms with Crippen LogP contribution < -0.4 is 20.3 Å². The smallest absolute Gasteiger partial charge is 0.253 e. The largest absolute Gasteiger partial charge is 0.493 e. The van der Waals surface area contributed by atoms with Crippen LogP contribution in [-0.2, 0) is 6.54 Å². The number of H-pyrrole nitrogens is 1. The summed E-state index contributed by atoms with van der Waals surface area (Å²) in [6, 6.07) is 6.01. The number of nitrogens with one attached hydrogen (secondary N) is 2. The third-order valence-corrected chi connectivity index (χ3v) is 5.98. The standard InChI is InChI=1S/C22H31N3O3S/c1-4-5-10-23-22(29)25(17-8-6-7-9-17)14-16-11-15-12-19(27-2)20(28-3)13-18(15)24-21(16)26/h11-13,17H,4-10,14H2,1-3H3,(H,23,29)(H,24,26). The summed E-state index contributed by atoms with van der Waals surface area (Å²) in [6.45, 7) is 3.53. The number of pyridine rings is 1. The summed E-state index contributed by atoms with van der Waals surface area (Å²) < 4.78 is 10.8. The van der Waals surface area contributed by atoms with Crippen molar-refractivity contribution in [2.24, 2.45) is 0 Å². The molecule has 0 amide bonds. The Morgan fingerprint density at radius 3 is 2.55 bits per heavy atom. The van der Waals surface area contributed by atoms with Gasteiger partial charge in [-0.25, -0.2) is 0 Å². The molecule has 1 aromatic carbocycles. The van der Waals surface area contributed by atoms with E-state index in [-0.39, 0.29) is 5.56 Å². The van der Waals surface area contributed by atoms with Crippen LogP contribution in [0.5, 0.6) is 11.5 Å². The van der Waals surface area contributed by atoms with E-state index in [1.54, 1.807) is 20.3 Å². The molecule has 1 aliphatic carbocycles. The highest BCUT2D eigenvalue weighted by Gasteiger charge is 2.25. The molecule has 2 N–H and O–H groups in total. The van der Waals surface area contributed by atoms with Gasteiger partial charge in [-0.15, -0.1) is 0 Å². The lowest BCUT2D eigenvalue weighted by Gasteiger charge is -2.31. The molecule has 158 valence electrons. The van der Waals surface area contributed by atoms with Crippen LogP contribution in [0.3, 0.4) is 0 Å². The zero-order valence-electron chi connectivity index (χ0n) is 17.5. The topological polar surface area (TPSA) is 66.6 Å². The Morgan fingerprint density at radius 2 is 1.90 bits per heavy atom. The molecule has 0 atom stereocenters. The molecule has 29 heavy (non-hydrogen) atoms. The number of ether oxygens (including phenoxy) is 2. The number of unbranched alkanes of at least 4 members (excludes halogenated alkanes) is 1. The minimum atomic E-state index is -0.0934. The third-order valence-electron chi connectivity index (χ3n) is 5.60. The van der Waals surface area contributed by atoms with Crippen molar-refractivity contribution in [1.29, 1.82) is 0 Å². The average Bonchev–Trinajstić information content (AvgIpc) is 3.25. The van der Waals surface area contributed by atoms with Crippen molar-refractivity contribution in [1.82, 2.24) is 15.2 Å². The van der Waals surface area contributed by atoms with Gasteiger partial charge in [0, 0.05) is 29.6 Å². The Hall–Kier alpha value is -2.28. The maximum atomic E-state index is 12.8. The maximum absolute atomic E-state index is 12.8. The van der Waals surface area contributed by atoms with Crippen LogP contribution in [0.25, 0.3) is 10.9 Å². The highest BCUT2D eigenvalue weighted by Crippen LogP contribution is 2.31. The van der Waals surface area contributed by atoms with Crippen molar-refractivity contribution in [2.75, 3.05) is 20.8 Å². The molecule has 0 spiro atoms. The van der Waals surface area contributed by atoms with Gasteiger partial charge in [0.05, 0.1) is 26.3 Å². The van der Waals surface area contributed by atoms with Crippen LogP contribution in [0.15, 0.2) is 23.0 Å². The van der Waals surface area contributed by atoms with Crippen molar-refractivity contribution in [3.05, 3.63) is 34.1 Å². The molecule has 3 rings (SSSR count). The lowest BCUT2D eigenvalue weighted by molar-refractivity contribution is 0.302. The van der Waals surface area contributed by atoms with E-state index in [9.17, 15) is 4.79 Å². The fourth-order valence-electron chi connectivity index (χ4n) is 3.94. The predicted octanol–water partition coefficient (Wildman–Crippen LogP) is 3.96. The van der Waals surface area contributed by atoms with Crippen molar-refractivity contribution in [2.45, 2.75) is 58.0 Å². The molecule has 1 fully saturated rings. The van der Waals surface area contributed by atoms with Crippen molar-refractivity contribution < 1.29 is 9.47 Å². The Labute approximate surface area is 177 Å². The second-order valence-electron chi connectivity index (χ2n) is 7.57. The minimum Gasteiger partial charge on any atom is -0.493 e. The van der Waals surface area contributed by atoms with E-state index in [0.717, 1.165) is 48.2 Å². The zero-order chi connectivity index (χ0) is 20.8. The van der Waals surface area contributed by atoms with Crippen LogP contribution in [0.2, 0.25) is 0 Å². The molecule has 7 heteroatoms. The van der Waals surface area contributed by atoms with E-state index in [4.69, 9.17) is 21.7 Å². The van der Waals surface area contributed by atoms with Gasteiger partial charge in [-0.1, -0.05) is 26.2 Å².